The van der Waals surface area contributed by atoms with Crippen LogP contribution in [0.1, 0.15) is 31.8 Å². The molecule has 0 aliphatic heterocycles. The van der Waals surface area contributed by atoms with Crippen molar-refractivity contribution in [3.8, 4) is 5.75 Å². The van der Waals surface area contributed by atoms with Gasteiger partial charge in [-0.3, -0.25) is 9.59 Å². The van der Waals surface area contributed by atoms with Crippen molar-refractivity contribution in [3.63, 3.8) is 0 Å². The second kappa shape index (κ2) is 9.54. The molecule has 0 aliphatic carbocycles. The number of hydrogen-bond donors (Lipinski definition) is 2. The minimum Gasteiger partial charge on any atom is -0.496 e. The van der Waals surface area contributed by atoms with Gasteiger partial charge in [-0.2, -0.15) is 0 Å². The zero-order chi connectivity index (χ0) is 21.7. The standard InChI is InChI=1S/C23H20BrFN2O3/c1-14-7-9-16(12-20(14)27-23(29)17-5-3-4-6-19(17)25)22(28)26-13-15-8-10-21(30-2)18(24)11-15/h3-12H,13H2,1-2H3,(H,26,28)(H,27,29). The highest BCUT2D eigenvalue weighted by molar-refractivity contribution is 9.10. The van der Waals surface area contributed by atoms with Crippen molar-refractivity contribution < 1.29 is 18.7 Å². The Bertz CT molecular complexity index is 1100. The Morgan fingerprint density at radius 2 is 1.80 bits per heavy atom. The number of halogens is 2. The maximum atomic E-state index is 13.9. The van der Waals surface area contributed by atoms with Gasteiger partial charge in [0.2, 0.25) is 0 Å². The van der Waals surface area contributed by atoms with Crippen LogP contribution >= 0.6 is 15.9 Å². The minimum atomic E-state index is -0.604. The molecule has 5 nitrogen and oxygen atoms in total. The average molecular weight is 471 g/mol. The lowest BCUT2D eigenvalue weighted by Gasteiger charge is -2.12. The monoisotopic (exact) mass is 470 g/mol. The number of hydrogen-bond acceptors (Lipinski definition) is 3. The summed E-state index contributed by atoms with van der Waals surface area (Å²) in [7, 11) is 1.58. The van der Waals surface area contributed by atoms with E-state index in [2.05, 4.69) is 26.6 Å². The van der Waals surface area contributed by atoms with E-state index >= 15 is 0 Å². The molecule has 0 spiro atoms. The molecule has 0 atom stereocenters. The van der Waals surface area contributed by atoms with E-state index in [9.17, 15) is 14.0 Å². The summed E-state index contributed by atoms with van der Waals surface area (Å²) >= 11 is 3.42. The van der Waals surface area contributed by atoms with E-state index in [1.165, 1.54) is 18.2 Å². The van der Waals surface area contributed by atoms with Crippen molar-refractivity contribution in [3.05, 3.63) is 93.2 Å². The van der Waals surface area contributed by atoms with E-state index < -0.39 is 11.7 Å². The van der Waals surface area contributed by atoms with Gasteiger partial charge in [-0.15, -0.1) is 0 Å². The van der Waals surface area contributed by atoms with Crippen molar-refractivity contribution in [1.82, 2.24) is 5.32 Å². The Balaban J connectivity index is 1.71. The molecule has 2 amide bonds. The number of nitrogens with one attached hydrogen (secondary N) is 2. The zero-order valence-electron chi connectivity index (χ0n) is 16.5. The Morgan fingerprint density at radius 3 is 2.50 bits per heavy atom. The van der Waals surface area contributed by atoms with Crippen LogP contribution in [0.25, 0.3) is 0 Å². The fourth-order valence-corrected chi connectivity index (χ4v) is 3.43. The van der Waals surface area contributed by atoms with Crippen LogP contribution in [0.15, 0.2) is 65.1 Å². The fraction of sp³-hybridized carbons (Fsp3) is 0.130. The van der Waals surface area contributed by atoms with Crippen LogP contribution in [0, 0.1) is 12.7 Å². The number of methoxy groups -OCH3 is 1. The van der Waals surface area contributed by atoms with E-state index in [0.29, 0.717) is 23.5 Å². The lowest BCUT2D eigenvalue weighted by Crippen LogP contribution is -2.23. The van der Waals surface area contributed by atoms with E-state index in [1.807, 2.05) is 18.2 Å². The first kappa shape index (κ1) is 21.5. The highest BCUT2D eigenvalue weighted by Gasteiger charge is 2.14. The van der Waals surface area contributed by atoms with Gasteiger partial charge < -0.3 is 15.4 Å². The Labute approximate surface area is 182 Å². The van der Waals surface area contributed by atoms with Crippen LogP contribution in [0.4, 0.5) is 10.1 Å². The van der Waals surface area contributed by atoms with Crippen LogP contribution < -0.4 is 15.4 Å². The van der Waals surface area contributed by atoms with Gasteiger partial charge in [0, 0.05) is 17.8 Å². The van der Waals surface area contributed by atoms with Gasteiger partial charge in [0.05, 0.1) is 17.1 Å². The summed E-state index contributed by atoms with van der Waals surface area (Å²) in [6, 6.07) is 16.3. The lowest BCUT2D eigenvalue weighted by atomic mass is 10.1. The number of benzene rings is 3. The smallest absolute Gasteiger partial charge is 0.258 e. The summed E-state index contributed by atoms with van der Waals surface area (Å²) in [5.74, 6) is -0.758. The summed E-state index contributed by atoms with van der Waals surface area (Å²) in [5.41, 5.74) is 2.43. The third-order valence-electron chi connectivity index (χ3n) is 4.54. The number of aryl methyl sites for hydroxylation is 1. The third kappa shape index (κ3) is 5.04. The number of carbonyl (C=O) groups excluding carboxylic acids is 2. The van der Waals surface area contributed by atoms with E-state index in [4.69, 9.17) is 4.74 Å². The van der Waals surface area contributed by atoms with E-state index in [1.54, 1.807) is 38.3 Å². The molecular formula is C23H20BrFN2O3. The number of anilines is 1. The summed E-state index contributed by atoms with van der Waals surface area (Å²) in [6.07, 6.45) is 0. The van der Waals surface area contributed by atoms with Gasteiger partial charge in [-0.25, -0.2) is 4.39 Å². The molecule has 0 aliphatic rings. The minimum absolute atomic E-state index is 0.0585. The summed E-state index contributed by atoms with van der Waals surface area (Å²) < 4.78 is 19.8. The SMILES string of the molecule is COc1ccc(CNC(=O)c2ccc(C)c(NC(=O)c3ccccc3F)c2)cc1Br. The molecule has 0 aromatic heterocycles. The topological polar surface area (TPSA) is 67.4 Å². The maximum Gasteiger partial charge on any atom is 0.258 e. The van der Waals surface area contributed by atoms with Gasteiger partial charge >= 0.3 is 0 Å². The van der Waals surface area contributed by atoms with Crippen molar-refractivity contribution in [1.29, 1.82) is 0 Å². The van der Waals surface area contributed by atoms with Crippen LogP contribution in [0.2, 0.25) is 0 Å². The zero-order valence-corrected chi connectivity index (χ0v) is 18.0. The molecule has 7 heteroatoms. The van der Waals surface area contributed by atoms with Crippen LogP contribution in [0.5, 0.6) is 5.75 Å². The Hall–Kier alpha value is -3.19. The van der Waals surface area contributed by atoms with Crippen LogP contribution in [-0.4, -0.2) is 18.9 Å². The normalized spacial score (nSPS) is 10.4. The molecule has 2 N–H and O–H groups in total. The van der Waals surface area contributed by atoms with Gasteiger partial charge in [0.1, 0.15) is 11.6 Å². The van der Waals surface area contributed by atoms with Gasteiger partial charge in [-0.1, -0.05) is 24.3 Å². The van der Waals surface area contributed by atoms with Crippen molar-refractivity contribution >= 4 is 33.4 Å². The van der Waals surface area contributed by atoms with E-state index in [0.717, 1.165) is 15.6 Å². The molecule has 154 valence electrons. The number of carbonyl (C=O) groups is 2. The lowest BCUT2D eigenvalue weighted by molar-refractivity contribution is 0.0949. The molecular weight excluding hydrogens is 451 g/mol. The molecule has 0 bridgehead atoms. The molecule has 3 rings (SSSR count). The summed E-state index contributed by atoms with van der Waals surface area (Å²) in [4.78, 5) is 25.0. The Kier molecular flexibility index (Phi) is 6.84. The number of ether oxygens (including phenoxy) is 1. The second-order valence-corrected chi connectivity index (χ2v) is 7.47. The predicted molar refractivity (Wildman–Crippen MR) is 117 cm³/mol. The molecule has 0 radical (unpaired) electrons. The van der Waals surface area contributed by atoms with Crippen molar-refractivity contribution in [2.75, 3.05) is 12.4 Å². The van der Waals surface area contributed by atoms with Crippen LogP contribution in [-0.2, 0) is 6.54 Å². The molecule has 0 saturated carbocycles. The first-order valence-corrected chi connectivity index (χ1v) is 9.95. The van der Waals surface area contributed by atoms with Crippen molar-refractivity contribution in [2.45, 2.75) is 13.5 Å². The highest BCUT2D eigenvalue weighted by Crippen LogP contribution is 2.25. The molecule has 0 unspecified atom stereocenters. The van der Waals surface area contributed by atoms with Crippen molar-refractivity contribution in [2.24, 2.45) is 0 Å². The largest absolute Gasteiger partial charge is 0.496 e. The molecule has 0 saturated heterocycles. The number of rotatable bonds is 6. The predicted octanol–water partition coefficient (Wildman–Crippen LogP) is 5.09. The average Bonchev–Trinajstić information content (AvgIpc) is 2.74. The molecule has 0 fully saturated rings. The molecule has 0 heterocycles. The first-order chi connectivity index (χ1) is 14.4. The van der Waals surface area contributed by atoms with Gasteiger partial charge in [-0.05, 0) is 70.4 Å². The van der Waals surface area contributed by atoms with Gasteiger partial charge in [0.15, 0.2) is 0 Å². The number of amides is 2. The first-order valence-electron chi connectivity index (χ1n) is 9.16. The van der Waals surface area contributed by atoms with E-state index in [-0.39, 0.29) is 11.5 Å². The quantitative estimate of drug-likeness (QED) is 0.527. The second-order valence-electron chi connectivity index (χ2n) is 6.62. The highest BCUT2D eigenvalue weighted by atomic mass is 79.9. The fourth-order valence-electron chi connectivity index (χ4n) is 2.84. The molecule has 3 aromatic rings. The summed E-state index contributed by atoms with van der Waals surface area (Å²) in [5, 5.41) is 5.52. The van der Waals surface area contributed by atoms with Gasteiger partial charge in [0.25, 0.3) is 11.8 Å². The summed E-state index contributed by atoms with van der Waals surface area (Å²) in [6.45, 7) is 2.12. The third-order valence-corrected chi connectivity index (χ3v) is 5.16. The maximum absolute atomic E-state index is 13.9. The van der Waals surface area contributed by atoms with Crippen LogP contribution in [0.3, 0.4) is 0 Å². The molecule has 3 aromatic carbocycles. The molecule has 30 heavy (non-hydrogen) atoms. The Morgan fingerprint density at radius 1 is 1.03 bits per heavy atom.